The molecule has 5 rings (SSSR count). The number of para-hydroxylation sites is 1. The molecule has 1 unspecified atom stereocenters. The predicted octanol–water partition coefficient (Wildman–Crippen LogP) is 3.21. The molecule has 0 saturated carbocycles. The Kier molecular flexibility index (Phi) is 4.65. The number of carbonyl (C=O) groups excluding carboxylic acids is 2. The molecule has 164 valence electrons. The Morgan fingerprint density at radius 1 is 1.34 bits per heavy atom. The van der Waals surface area contributed by atoms with Crippen molar-refractivity contribution in [1.29, 1.82) is 0 Å². The van der Waals surface area contributed by atoms with Crippen molar-refractivity contribution in [3.8, 4) is 11.4 Å². The van der Waals surface area contributed by atoms with Crippen LogP contribution in [0.1, 0.15) is 48.8 Å². The highest BCUT2D eigenvalue weighted by molar-refractivity contribution is 7.96. The van der Waals surface area contributed by atoms with E-state index in [0.29, 0.717) is 11.4 Å². The lowest BCUT2D eigenvalue weighted by molar-refractivity contribution is -0.198. The quantitative estimate of drug-likeness (QED) is 0.363. The Morgan fingerprint density at radius 2 is 2.12 bits per heavy atom. The normalized spacial score (nSPS) is 21.0. The van der Waals surface area contributed by atoms with Crippen LogP contribution in [0.5, 0.6) is 0 Å². The molecule has 1 aromatic carbocycles. The van der Waals surface area contributed by atoms with E-state index in [9.17, 15) is 19.5 Å². The monoisotopic (exact) mass is 452 g/mol. The van der Waals surface area contributed by atoms with E-state index >= 15 is 0 Å². The molecule has 32 heavy (non-hydrogen) atoms. The van der Waals surface area contributed by atoms with Gasteiger partial charge >= 0.3 is 11.3 Å². The lowest BCUT2D eigenvalue weighted by atomic mass is 9.85. The number of fused-ring (bicyclic) bond motifs is 5. The Bertz CT molecular complexity index is 1380. The Hall–Kier alpha value is -3.17. The van der Waals surface area contributed by atoms with Crippen LogP contribution in [0.4, 0.5) is 4.79 Å². The summed E-state index contributed by atoms with van der Waals surface area (Å²) in [7, 11) is 0. The molecule has 0 radical (unpaired) electrons. The summed E-state index contributed by atoms with van der Waals surface area (Å²) in [4.78, 5) is 42.4. The van der Waals surface area contributed by atoms with Gasteiger partial charge < -0.3 is 19.1 Å². The summed E-state index contributed by atoms with van der Waals surface area (Å²) in [6.45, 7) is 3.92. The van der Waals surface area contributed by atoms with E-state index in [-0.39, 0.29) is 24.1 Å². The summed E-state index contributed by atoms with van der Waals surface area (Å²) in [5.74, 6) is -0.991. The van der Waals surface area contributed by atoms with Crippen LogP contribution in [-0.2, 0) is 32.8 Å². The van der Waals surface area contributed by atoms with E-state index in [1.165, 1.54) is 4.57 Å². The first kappa shape index (κ1) is 20.7. The summed E-state index contributed by atoms with van der Waals surface area (Å²) >= 11 is 3.57. The average Bonchev–Trinajstić information content (AvgIpc) is 3.12. The van der Waals surface area contributed by atoms with Gasteiger partial charge in [0.1, 0.15) is 5.56 Å². The van der Waals surface area contributed by atoms with Crippen LogP contribution in [0.3, 0.4) is 0 Å². The summed E-state index contributed by atoms with van der Waals surface area (Å²) in [6, 6.07) is 9.55. The number of esters is 1. The summed E-state index contributed by atoms with van der Waals surface area (Å²) in [6.07, 6.45) is -0.804. The number of cyclic esters (lactones) is 1. The van der Waals surface area contributed by atoms with E-state index in [0.717, 1.165) is 28.5 Å². The molecular formula is C23H20N2O6S. The van der Waals surface area contributed by atoms with Crippen molar-refractivity contribution in [2.75, 3.05) is 0 Å². The number of aryl methyl sites for hydroxylation is 1. The molecule has 2 aliphatic rings. The minimum Gasteiger partial charge on any atom is -0.418 e. The number of rotatable bonds is 3. The van der Waals surface area contributed by atoms with Crippen molar-refractivity contribution >= 4 is 34.8 Å². The van der Waals surface area contributed by atoms with Crippen LogP contribution >= 0.6 is 12.6 Å². The second-order valence-electron chi connectivity index (χ2n) is 7.92. The minimum absolute atomic E-state index is 0.0265. The Balaban J connectivity index is 1.79. The molecule has 0 bridgehead atoms. The van der Waals surface area contributed by atoms with Gasteiger partial charge in [-0.3, -0.25) is 4.79 Å². The van der Waals surface area contributed by atoms with Crippen molar-refractivity contribution < 1.29 is 24.2 Å². The van der Waals surface area contributed by atoms with E-state index in [4.69, 9.17) is 14.5 Å². The second-order valence-corrected chi connectivity index (χ2v) is 8.29. The number of hydrogen-bond donors (Lipinski definition) is 2. The van der Waals surface area contributed by atoms with Gasteiger partial charge in [-0.2, -0.15) is 0 Å². The first-order valence-corrected chi connectivity index (χ1v) is 10.8. The van der Waals surface area contributed by atoms with E-state index in [1.54, 1.807) is 13.0 Å². The highest BCUT2D eigenvalue weighted by Crippen LogP contribution is 2.42. The van der Waals surface area contributed by atoms with Crippen LogP contribution in [0.15, 0.2) is 35.1 Å². The van der Waals surface area contributed by atoms with E-state index < -0.39 is 28.7 Å². The first-order valence-electron chi connectivity index (χ1n) is 10.3. The van der Waals surface area contributed by atoms with Gasteiger partial charge in [-0.1, -0.05) is 44.7 Å². The maximum Gasteiger partial charge on any atom is 0.367 e. The third-order valence-corrected chi connectivity index (χ3v) is 6.36. The fourth-order valence-electron chi connectivity index (χ4n) is 4.56. The van der Waals surface area contributed by atoms with Crippen molar-refractivity contribution in [1.82, 2.24) is 9.55 Å². The molecule has 1 N–H and O–H groups in total. The third-order valence-electron chi connectivity index (χ3n) is 6.25. The molecule has 0 aliphatic carbocycles. The van der Waals surface area contributed by atoms with Crippen molar-refractivity contribution in [3.63, 3.8) is 0 Å². The number of aliphatic hydroxyl groups is 1. The van der Waals surface area contributed by atoms with Crippen LogP contribution in [0.2, 0.25) is 0 Å². The zero-order chi connectivity index (χ0) is 22.8. The Labute approximate surface area is 188 Å². The molecule has 8 nitrogen and oxygen atoms in total. The van der Waals surface area contributed by atoms with Crippen molar-refractivity contribution in [2.45, 2.75) is 45.1 Å². The molecule has 9 heteroatoms. The van der Waals surface area contributed by atoms with Gasteiger partial charge in [0.15, 0.2) is 5.60 Å². The summed E-state index contributed by atoms with van der Waals surface area (Å²) in [5, 5.41) is 11.1. The number of pyridine rings is 2. The largest absolute Gasteiger partial charge is 0.418 e. The number of benzene rings is 1. The average molecular weight is 452 g/mol. The molecular weight excluding hydrogens is 432 g/mol. The number of thiol groups is 1. The maximum absolute atomic E-state index is 13.5. The predicted molar refractivity (Wildman–Crippen MR) is 118 cm³/mol. The topological polar surface area (TPSA) is 108 Å². The van der Waals surface area contributed by atoms with Crippen LogP contribution in [-0.4, -0.2) is 25.9 Å². The molecule has 0 saturated heterocycles. The SMILES string of the molecule is CCc1cccc2cc3c(nc12)-c1cc2c(c(=O)n1C3)C(OC(=O)S)OC(=O)[C@]2(O)CC. The minimum atomic E-state index is -2.04. The number of hydrogen-bond acceptors (Lipinski definition) is 7. The molecule has 2 aromatic heterocycles. The lowest BCUT2D eigenvalue weighted by Crippen LogP contribution is -2.46. The number of nitrogens with zero attached hydrogens (tertiary/aromatic N) is 2. The number of carbonyl (C=O) groups is 2. The van der Waals surface area contributed by atoms with Gasteiger partial charge in [-0.25, -0.2) is 14.6 Å². The van der Waals surface area contributed by atoms with E-state index in [2.05, 4.69) is 12.6 Å². The molecule has 3 aromatic rings. The summed E-state index contributed by atoms with van der Waals surface area (Å²) in [5.41, 5.74) is 1.30. The third kappa shape index (κ3) is 2.81. The van der Waals surface area contributed by atoms with Crippen LogP contribution in [0.25, 0.3) is 22.3 Å². The van der Waals surface area contributed by atoms with Gasteiger partial charge in [0.05, 0.1) is 23.4 Å². The molecule has 0 fully saturated rings. The fourth-order valence-corrected chi connectivity index (χ4v) is 4.66. The molecule has 2 aliphatic heterocycles. The van der Waals surface area contributed by atoms with Gasteiger partial charge in [0.25, 0.3) is 11.8 Å². The standard InChI is InChI=1S/C23H20N2O6S/c1-3-11-6-5-7-12-8-13-10-25-15(18(13)24-17(11)12)9-14-16(19(25)26)20(31-22(28)32)30-21(27)23(14,29)4-2/h5-9,20,29H,3-4,10H2,1-2H3,(H,28,32)/t20?,23-/m0/s1. The van der Waals surface area contributed by atoms with Gasteiger partial charge in [0, 0.05) is 16.5 Å². The maximum atomic E-state index is 13.5. The van der Waals surface area contributed by atoms with Crippen molar-refractivity contribution in [3.05, 3.63) is 62.9 Å². The van der Waals surface area contributed by atoms with Gasteiger partial charge in [-0.05, 0) is 30.5 Å². The fraction of sp³-hybridized carbons (Fsp3) is 0.304. The second kappa shape index (κ2) is 7.18. The zero-order valence-corrected chi connectivity index (χ0v) is 18.3. The number of aromatic nitrogens is 2. The summed E-state index contributed by atoms with van der Waals surface area (Å²) < 4.78 is 11.6. The highest BCUT2D eigenvalue weighted by Gasteiger charge is 2.50. The molecule has 2 atom stereocenters. The highest BCUT2D eigenvalue weighted by atomic mass is 32.1. The molecule has 4 heterocycles. The zero-order valence-electron chi connectivity index (χ0n) is 17.4. The van der Waals surface area contributed by atoms with Crippen molar-refractivity contribution in [2.24, 2.45) is 0 Å². The number of ether oxygens (including phenoxy) is 2. The molecule has 0 amide bonds. The first-order chi connectivity index (χ1) is 15.3. The van der Waals surface area contributed by atoms with Crippen LogP contribution in [0, 0.1) is 0 Å². The van der Waals surface area contributed by atoms with Gasteiger partial charge in [0.2, 0.25) is 0 Å². The lowest BCUT2D eigenvalue weighted by Gasteiger charge is -2.35. The van der Waals surface area contributed by atoms with E-state index in [1.807, 2.05) is 31.2 Å². The van der Waals surface area contributed by atoms with Gasteiger partial charge in [-0.15, -0.1) is 0 Å². The smallest absolute Gasteiger partial charge is 0.367 e. The molecule has 0 spiro atoms. The van der Waals surface area contributed by atoms with Crippen LogP contribution < -0.4 is 5.56 Å². The Morgan fingerprint density at radius 3 is 2.81 bits per heavy atom.